The van der Waals surface area contributed by atoms with E-state index in [0.29, 0.717) is 6.07 Å². The Hall–Kier alpha value is -1.77. The molecular formula is C8H5F3N2O. The Bertz CT molecular complexity index is 433. The van der Waals surface area contributed by atoms with E-state index < -0.39 is 23.5 Å². The van der Waals surface area contributed by atoms with E-state index in [2.05, 4.69) is 0 Å². The molecule has 0 aliphatic heterocycles. The molecule has 3 nitrogen and oxygen atoms in total. The summed E-state index contributed by atoms with van der Waals surface area (Å²) in [6.07, 6.45) is -3.29. The molecular weight excluding hydrogens is 197 g/mol. The van der Waals surface area contributed by atoms with Crippen LogP contribution in [0.25, 0.3) is 0 Å². The number of hydrogen-bond donors (Lipinski definition) is 1. The molecule has 14 heavy (non-hydrogen) atoms. The third kappa shape index (κ3) is 1.93. The number of H-pyrrole nitrogens is 1. The summed E-state index contributed by atoms with van der Waals surface area (Å²) in [7, 11) is 0. The van der Waals surface area contributed by atoms with Gasteiger partial charge in [0.15, 0.2) is 5.82 Å². The molecule has 0 aliphatic rings. The molecule has 0 saturated carbocycles. The topological polar surface area (TPSA) is 56.6 Å². The van der Waals surface area contributed by atoms with E-state index in [1.165, 1.54) is 0 Å². The number of aromatic amines is 1. The van der Waals surface area contributed by atoms with Gasteiger partial charge in [0.25, 0.3) is 12.0 Å². The van der Waals surface area contributed by atoms with Crippen LogP contribution in [0.5, 0.6) is 0 Å². The fraction of sp³-hybridized carbons (Fsp3) is 0.250. The number of hydrogen-bond acceptors (Lipinski definition) is 2. The Morgan fingerprint density at radius 2 is 2.21 bits per heavy atom. The smallest absolute Gasteiger partial charge is 0.284 e. The van der Waals surface area contributed by atoms with Gasteiger partial charge in [-0.05, 0) is 11.6 Å². The molecule has 0 radical (unpaired) electrons. The highest BCUT2D eigenvalue weighted by Crippen LogP contribution is 2.19. The number of rotatable bonds is 2. The Morgan fingerprint density at radius 1 is 1.57 bits per heavy atom. The van der Waals surface area contributed by atoms with E-state index in [1.807, 2.05) is 0 Å². The van der Waals surface area contributed by atoms with Gasteiger partial charge in [-0.15, -0.1) is 0 Å². The number of pyridine rings is 1. The van der Waals surface area contributed by atoms with Gasteiger partial charge < -0.3 is 4.98 Å². The third-order valence-corrected chi connectivity index (χ3v) is 1.60. The lowest BCUT2D eigenvalue weighted by atomic mass is 10.1. The average Bonchev–Trinajstić information content (AvgIpc) is 2.11. The molecule has 0 amide bonds. The minimum Gasteiger partial charge on any atom is -0.318 e. The molecule has 0 saturated heterocycles. The third-order valence-electron chi connectivity index (χ3n) is 1.60. The van der Waals surface area contributed by atoms with Crippen LogP contribution < -0.4 is 5.56 Å². The molecule has 0 bridgehead atoms. The number of nitrogens with one attached hydrogen (secondary N) is 1. The van der Waals surface area contributed by atoms with Gasteiger partial charge >= 0.3 is 0 Å². The van der Waals surface area contributed by atoms with Crippen molar-refractivity contribution in [2.45, 2.75) is 12.8 Å². The van der Waals surface area contributed by atoms with Gasteiger partial charge in [-0.2, -0.15) is 5.26 Å². The average molecular weight is 202 g/mol. The van der Waals surface area contributed by atoms with Gasteiger partial charge in [-0.3, -0.25) is 4.79 Å². The summed E-state index contributed by atoms with van der Waals surface area (Å²) in [5.41, 5.74) is -2.10. The van der Waals surface area contributed by atoms with Crippen molar-refractivity contribution >= 4 is 0 Å². The van der Waals surface area contributed by atoms with Crippen LogP contribution in [-0.4, -0.2) is 4.98 Å². The fourth-order valence-corrected chi connectivity index (χ4v) is 0.985. The molecule has 0 aliphatic carbocycles. The van der Waals surface area contributed by atoms with Crippen molar-refractivity contribution in [1.29, 1.82) is 5.26 Å². The summed E-state index contributed by atoms with van der Waals surface area (Å²) in [6.45, 7) is 0. The Labute approximate surface area is 76.8 Å². The molecule has 0 unspecified atom stereocenters. The molecule has 0 spiro atoms. The summed E-state index contributed by atoms with van der Waals surface area (Å²) < 4.78 is 37.2. The van der Waals surface area contributed by atoms with Crippen LogP contribution in [0.4, 0.5) is 13.2 Å². The van der Waals surface area contributed by atoms with Gasteiger partial charge in [-0.1, -0.05) is 0 Å². The van der Waals surface area contributed by atoms with Crippen LogP contribution in [0, 0.1) is 17.1 Å². The van der Waals surface area contributed by atoms with Crippen molar-refractivity contribution in [2.24, 2.45) is 0 Å². The van der Waals surface area contributed by atoms with E-state index >= 15 is 0 Å². The highest BCUT2D eigenvalue weighted by molar-refractivity contribution is 5.24. The molecule has 1 heterocycles. The van der Waals surface area contributed by atoms with Crippen molar-refractivity contribution in [3.63, 3.8) is 0 Å². The van der Waals surface area contributed by atoms with Crippen LogP contribution in [0.15, 0.2) is 10.9 Å². The van der Waals surface area contributed by atoms with Gasteiger partial charge in [-0.25, -0.2) is 13.2 Å². The van der Waals surface area contributed by atoms with Crippen molar-refractivity contribution < 1.29 is 13.2 Å². The molecule has 6 heteroatoms. The Balaban J connectivity index is 3.33. The zero-order valence-electron chi connectivity index (χ0n) is 6.85. The normalized spacial score (nSPS) is 10.2. The zero-order chi connectivity index (χ0) is 10.7. The predicted octanol–water partition coefficient (Wildman–Crippen LogP) is 1.52. The van der Waals surface area contributed by atoms with Gasteiger partial charge in [0.1, 0.15) is 0 Å². The Morgan fingerprint density at radius 3 is 2.71 bits per heavy atom. The highest BCUT2D eigenvalue weighted by atomic mass is 19.3. The molecule has 1 aromatic heterocycles. The quantitative estimate of drug-likeness (QED) is 0.790. The molecule has 1 rings (SSSR count). The molecule has 0 fully saturated rings. The largest absolute Gasteiger partial charge is 0.318 e. The number of aromatic nitrogens is 1. The maximum atomic E-state index is 12.6. The van der Waals surface area contributed by atoms with E-state index in [0.717, 1.165) is 0 Å². The first kappa shape index (κ1) is 10.3. The monoisotopic (exact) mass is 202 g/mol. The maximum Gasteiger partial charge on any atom is 0.284 e. The van der Waals surface area contributed by atoms with E-state index in [1.54, 1.807) is 11.1 Å². The summed E-state index contributed by atoms with van der Waals surface area (Å²) in [6, 6.07) is 2.26. The maximum absolute atomic E-state index is 12.6. The summed E-state index contributed by atoms with van der Waals surface area (Å²) in [5, 5.41) is 8.28. The van der Waals surface area contributed by atoms with E-state index in [4.69, 9.17) is 5.26 Å². The summed E-state index contributed by atoms with van der Waals surface area (Å²) >= 11 is 0. The summed E-state index contributed by atoms with van der Waals surface area (Å²) in [5.74, 6) is -1.17. The number of nitrogens with zero attached hydrogens (tertiary/aromatic N) is 1. The zero-order valence-corrected chi connectivity index (χ0v) is 6.85. The number of nitriles is 1. The van der Waals surface area contributed by atoms with E-state index in [-0.39, 0.29) is 12.0 Å². The van der Waals surface area contributed by atoms with Crippen LogP contribution >= 0.6 is 0 Å². The second kappa shape index (κ2) is 3.96. The number of alkyl halides is 2. The summed E-state index contributed by atoms with van der Waals surface area (Å²) in [4.78, 5) is 12.4. The Kier molecular flexibility index (Phi) is 2.92. The first-order chi connectivity index (χ1) is 6.56. The highest BCUT2D eigenvalue weighted by Gasteiger charge is 2.16. The first-order valence-electron chi connectivity index (χ1n) is 3.63. The van der Waals surface area contributed by atoms with Crippen LogP contribution in [0.3, 0.4) is 0 Å². The molecule has 0 aromatic carbocycles. The van der Waals surface area contributed by atoms with Crippen molar-refractivity contribution in [3.05, 3.63) is 33.5 Å². The lowest BCUT2D eigenvalue weighted by molar-refractivity contribution is 0.144. The van der Waals surface area contributed by atoms with Crippen molar-refractivity contribution in [3.8, 4) is 6.07 Å². The second-order valence-electron chi connectivity index (χ2n) is 2.52. The van der Waals surface area contributed by atoms with Crippen LogP contribution in [0.1, 0.15) is 17.7 Å². The minimum atomic E-state index is -2.92. The van der Waals surface area contributed by atoms with Crippen LogP contribution in [-0.2, 0) is 6.42 Å². The lowest BCUT2D eigenvalue weighted by Crippen LogP contribution is -2.15. The molecule has 74 valence electrons. The van der Waals surface area contributed by atoms with Gasteiger partial charge in [0, 0.05) is 0 Å². The molecule has 0 atom stereocenters. The first-order valence-corrected chi connectivity index (χ1v) is 3.63. The minimum absolute atomic E-state index is 0.195. The standard InChI is InChI=1S/C8H5F3N2O/c9-5-3-4(1-2-12)6(7(10)11)13-8(5)14/h3,7H,1H2,(H,13,14). The predicted molar refractivity (Wildman–Crippen MR) is 41.3 cm³/mol. The SMILES string of the molecule is N#CCc1cc(F)c(=O)[nH]c1C(F)F. The van der Waals surface area contributed by atoms with Crippen molar-refractivity contribution in [1.82, 2.24) is 4.98 Å². The van der Waals surface area contributed by atoms with Crippen LogP contribution in [0.2, 0.25) is 0 Å². The molecule has 1 aromatic rings. The second-order valence-corrected chi connectivity index (χ2v) is 2.52. The van der Waals surface area contributed by atoms with E-state index in [9.17, 15) is 18.0 Å². The molecule has 1 N–H and O–H groups in total. The van der Waals surface area contributed by atoms with Gasteiger partial charge in [0.05, 0.1) is 18.2 Å². The lowest BCUT2D eigenvalue weighted by Gasteiger charge is -2.04. The van der Waals surface area contributed by atoms with Crippen molar-refractivity contribution in [2.75, 3.05) is 0 Å². The van der Waals surface area contributed by atoms with Gasteiger partial charge in [0.2, 0.25) is 0 Å². The fourth-order valence-electron chi connectivity index (χ4n) is 0.985. The number of halogens is 3.